The minimum Gasteiger partial charge on any atom is -0.464 e. The smallest absolute Gasteiger partial charge is 0.302 e. The SMILES string of the molecule is CC(=O)OCCn1nc(NC(=O)c2ccc(F)cc2)c2cc(F)c(-c3cnn4c(C)cccc34)nc21. The highest BCUT2D eigenvalue weighted by molar-refractivity contribution is 6.07. The minimum atomic E-state index is -0.629. The molecular formula is C25H20F2N6O3. The van der Waals surface area contributed by atoms with E-state index in [1.807, 2.05) is 25.1 Å². The van der Waals surface area contributed by atoms with Gasteiger partial charge in [-0.05, 0) is 49.4 Å². The number of anilines is 1. The van der Waals surface area contributed by atoms with E-state index in [1.165, 1.54) is 36.0 Å². The number of carbonyl (C=O) groups excluding carboxylic acids is 2. The van der Waals surface area contributed by atoms with Gasteiger partial charge in [0.05, 0.1) is 23.6 Å². The van der Waals surface area contributed by atoms with Crippen LogP contribution in [0.1, 0.15) is 23.0 Å². The molecule has 0 aliphatic carbocycles. The van der Waals surface area contributed by atoms with Crippen LogP contribution >= 0.6 is 0 Å². The molecule has 1 N–H and O–H groups in total. The molecule has 0 unspecified atom stereocenters. The van der Waals surface area contributed by atoms with Crippen molar-refractivity contribution < 1.29 is 23.1 Å². The van der Waals surface area contributed by atoms with Crippen LogP contribution in [0, 0.1) is 18.6 Å². The summed E-state index contributed by atoms with van der Waals surface area (Å²) in [5, 5.41) is 11.6. The summed E-state index contributed by atoms with van der Waals surface area (Å²) >= 11 is 0. The average molecular weight is 490 g/mol. The molecule has 9 nitrogen and oxygen atoms in total. The summed E-state index contributed by atoms with van der Waals surface area (Å²) in [7, 11) is 0. The topological polar surface area (TPSA) is 103 Å². The number of hydrogen-bond acceptors (Lipinski definition) is 6. The maximum Gasteiger partial charge on any atom is 0.302 e. The molecule has 0 aliphatic heterocycles. The minimum absolute atomic E-state index is 0.00175. The summed E-state index contributed by atoms with van der Waals surface area (Å²) in [6, 6.07) is 11.8. The Morgan fingerprint density at radius 3 is 2.64 bits per heavy atom. The molecule has 0 fully saturated rings. The number of halogens is 2. The quantitative estimate of drug-likeness (QED) is 0.359. The number of aromatic nitrogens is 5. The van der Waals surface area contributed by atoms with Crippen molar-refractivity contribution in [2.45, 2.75) is 20.4 Å². The number of esters is 1. The number of nitrogens with one attached hydrogen (secondary N) is 1. The van der Waals surface area contributed by atoms with Crippen molar-refractivity contribution in [1.82, 2.24) is 24.4 Å². The lowest BCUT2D eigenvalue weighted by molar-refractivity contribution is -0.141. The molecule has 1 amide bonds. The zero-order chi connectivity index (χ0) is 25.4. The van der Waals surface area contributed by atoms with Crippen LogP contribution in [0.15, 0.2) is 54.7 Å². The fourth-order valence-electron chi connectivity index (χ4n) is 3.90. The van der Waals surface area contributed by atoms with Gasteiger partial charge in [-0.1, -0.05) is 6.07 Å². The molecule has 11 heteroatoms. The molecule has 36 heavy (non-hydrogen) atoms. The van der Waals surface area contributed by atoms with Crippen molar-refractivity contribution in [2.24, 2.45) is 0 Å². The second-order valence-corrected chi connectivity index (χ2v) is 8.09. The van der Waals surface area contributed by atoms with E-state index < -0.39 is 23.5 Å². The summed E-state index contributed by atoms with van der Waals surface area (Å²) in [6.07, 6.45) is 1.54. The molecular weight excluding hydrogens is 470 g/mol. The zero-order valence-corrected chi connectivity index (χ0v) is 19.3. The Labute approximate surface area is 203 Å². The van der Waals surface area contributed by atoms with Gasteiger partial charge < -0.3 is 10.1 Å². The van der Waals surface area contributed by atoms with E-state index in [9.17, 15) is 14.0 Å². The molecule has 0 spiro atoms. The van der Waals surface area contributed by atoms with Crippen molar-refractivity contribution >= 4 is 34.2 Å². The highest BCUT2D eigenvalue weighted by atomic mass is 19.1. The van der Waals surface area contributed by atoms with Crippen LogP contribution < -0.4 is 5.32 Å². The Balaban J connectivity index is 1.59. The second kappa shape index (κ2) is 9.17. The molecule has 0 radical (unpaired) electrons. The Kier molecular flexibility index (Phi) is 5.88. The first-order chi connectivity index (χ1) is 17.3. The van der Waals surface area contributed by atoms with E-state index >= 15 is 4.39 Å². The average Bonchev–Trinajstić information content (AvgIpc) is 3.41. The largest absolute Gasteiger partial charge is 0.464 e. The van der Waals surface area contributed by atoms with Gasteiger partial charge in [0.15, 0.2) is 17.3 Å². The number of amides is 1. The molecule has 0 atom stereocenters. The first-order valence-electron chi connectivity index (χ1n) is 11.0. The number of nitrogens with zero attached hydrogens (tertiary/aromatic N) is 5. The highest BCUT2D eigenvalue weighted by Gasteiger charge is 2.21. The van der Waals surface area contributed by atoms with Gasteiger partial charge in [0.25, 0.3) is 5.91 Å². The predicted octanol–water partition coefficient (Wildman–Crippen LogP) is 4.15. The van der Waals surface area contributed by atoms with Gasteiger partial charge in [-0.2, -0.15) is 10.2 Å². The molecule has 5 aromatic rings. The Morgan fingerprint density at radius 1 is 1.11 bits per heavy atom. The fraction of sp³-hybridized carbons (Fsp3) is 0.160. The van der Waals surface area contributed by atoms with Crippen LogP contribution in [-0.4, -0.2) is 42.9 Å². The van der Waals surface area contributed by atoms with Crippen molar-refractivity contribution in [3.63, 3.8) is 0 Å². The highest BCUT2D eigenvalue weighted by Crippen LogP contribution is 2.31. The van der Waals surface area contributed by atoms with Crippen LogP contribution in [-0.2, 0) is 16.1 Å². The van der Waals surface area contributed by atoms with Crippen molar-refractivity contribution in [3.05, 3.63) is 77.6 Å². The molecule has 4 aromatic heterocycles. The summed E-state index contributed by atoms with van der Waals surface area (Å²) in [5.41, 5.74) is 2.58. The Morgan fingerprint density at radius 2 is 1.89 bits per heavy atom. The van der Waals surface area contributed by atoms with Gasteiger partial charge in [-0.15, -0.1) is 0 Å². The van der Waals surface area contributed by atoms with E-state index in [2.05, 4.69) is 20.5 Å². The number of ether oxygens (including phenoxy) is 1. The maximum atomic E-state index is 15.4. The van der Waals surface area contributed by atoms with Gasteiger partial charge in [0.2, 0.25) is 0 Å². The lowest BCUT2D eigenvalue weighted by Crippen LogP contribution is -2.14. The zero-order valence-electron chi connectivity index (χ0n) is 19.3. The summed E-state index contributed by atoms with van der Waals surface area (Å²) in [4.78, 5) is 28.5. The molecule has 4 heterocycles. The second-order valence-electron chi connectivity index (χ2n) is 8.09. The number of aryl methyl sites for hydroxylation is 1. The van der Waals surface area contributed by atoms with Crippen LogP contribution in [0.3, 0.4) is 0 Å². The number of benzene rings is 1. The normalized spacial score (nSPS) is 11.2. The van der Waals surface area contributed by atoms with Gasteiger partial charge in [0, 0.05) is 23.7 Å². The van der Waals surface area contributed by atoms with E-state index in [-0.39, 0.29) is 41.3 Å². The molecule has 1 aromatic carbocycles. The predicted molar refractivity (Wildman–Crippen MR) is 127 cm³/mol. The van der Waals surface area contributed by atoms with Crippen molar-refractivity contribution in [1.29, 1.82) is 0 Å². The molecule has 0 aliphatic rings. The number of hydrogen-bond donors (Lipinski definition) is 1. The third kappa shape index (κ3) is 4.26. The summed E-state index contributed by atoms with van der Waals surface area (Å²) in [5.74, 6) is -2.05. The van der Waals surface area contributed by atoms with Gasteiger partial charge >= 0.3 is 5.97 Å². The fourth-order valence-corrected chi connectivity index (χ4v) is 3.90. The third-order valence-corrected chi connectivity index (χ3v) is 5.61. The lowest BCUT2D eigenvalue weighted by Gasteiger charge is -2.06. The number of carbonyl (C=O) groups is 2. The van der Waals surface area contributed by atoms with E-state index in [0.717, 1.165) is 17.8 Å². The van der Waals surface area contributed by atoms with Crippen molar-refractivity contribution in [3.8, 4) is 11.3 Å². The summed E-state index contributed by atoms with van der Waals surface area (Å²) < 4.78 is 36.8. The standard InChI is InChI=1S/C25H20F2N6O3/c1-14-4-3-5-21-19(13-28-33(14)21)22-20(27)12-18-23(30-25(35)16-6-8-17(26)9-7-16)31-32(24(18)29-22)10-11-36-15(2)34/h3-9,12-13H,10-11H2,1-2H3,(H,30,31,35). The maximum absolute atomic E-state index is 15.4. The van der Waals surface area contributed by atoms with Gasteiger partial charge in [0.1, 0.15) is 18.1 Å². The number of rotatable bonds is 6. The third-order valence-electron chi connectivity index (χ3n) is 5.61. The molecule has 0 saturated carbocycles. The number of fused-ring (bicyclic) bond motifs is 2. The van der Waals surface area contributed by atoms with Crippen LogP contribution in [0.2, 0.25) is 0 Å². The van der Waals surface area contributed by atoms with Crippen LogP contribution in [0.25, 0.3) is 27.8 Å². The monoisotopic (exact) mass is 490 g/mol. The van der Waals surface area contributed by atoms with Gasteiger partial charge in [-0.3, -0.25) is 9.59 Å². The molecule has 5 rings (SSSR count). The molecule has 182 valence electrons. The molecule has 0 bridgehead atoms. The molecule has 0 saturated heterocycles. The lowest BCUT2D eigenvalue weighted by atomic mass is 10.1. The summed E-state index contributed by atoms with van der Waals surface area (Å²) in [6.45, 7) is 3.29. The van der Waals surface area contributed by atoms with Gasteiger partial charge in [-0.25, -0.2) is 23.0 Å². The number of pyridine rings is 2. The van der Waals surface area contributed by atoms with Crippen LogP contribution in [0.5, 0.6) is 0 Å². The van der Waals surface area contributed by atoms with Crippen molar-refractivity contribution in [2.75, 3.05) is 11.9 Å². The Hall–Kier alpha value is -4.67. The van der Waals surface area contributed by atoms with E-state index in [1.54, 1.807) is 4.52 Å². The first-order valence-corrected chi connectivity index (χ1v) is 11.0. The first kappa shape index (κ1) is 23.1. The Bertz CT molecular complexity index is 1620. The van der Waals surface area contributed by atoms with E-state index in [4.69, 9.17) is 4.74 Å². The van der Waals surface area contributed by atoms with Crippen LogP contribution in [0.4, 0.5) is 14.6 Å². The van der Waals surface area contributed by atoms with E-state index in [0.29, 0.717) is 11.1 Å².